The van der Waals surface area contributed by atoms with E-state index in [0.29, 0.717) is 4.16 Å². The van der Waals surface area contributed by atoms with Gasteiger partial charge in [-0.15, -0.1) is 0 Å². The second-order valence-corrected chi connectivity index (χ2v) is 3.78. The summed E-state index contributed by atoms with van der Waals surface area (Å²) in [5.74, 6) is 0. The standard InChI is InChI=1S/C3H4BrNS/c4-3-1-5-2-6-3/h2-3H,1H2. The van der Waals surface area contributed by atoms with Gasteiger partial charge in [-0.25, -0.2) is 0 Å². The van der Waals surface area contributed by atoms with Crippen LogP contribution in [-0.2, 0) is 0 Å². The molecule has 0 radical (unpaired) electrons. The van der Waals surface area contributed by atoms with Gasteiger partial charge >= 0.3 is 0 Å². The van der Waals surface area contributed by atoms with Gasteiger partial charge in [0, 0.05) is 0 Å². The number of nitrogens with zero attached hydrogens (tertiary/aromatic N) is 1. The molecule has 1 aliphatic rings. The van der Waals surface area contributed by atoms with Crippen LogP contribution in [0.3, 0.4) is 0 Å². The molecule has 6 heavy (non-hydrogen) atoms. The first kappa shape index (κ1) is 4.65. The van der Waals surface area contributed by atoms with E-state index >= 15 is 0 Å². The van der Waals surface area contributed by atoms with Gasteiger partial charge < -0.3 is 0 Å². The molecule has 1 heterocycles. The molecular weight excluding hydrogens is 162 g/mol. The van der Waals surface area contributed by atoms with Gasteiger partial charge in [0.05, 0.1) is 16.3 Å². The summed E-state index contributed by atoms with van der Waals surface area (Å²) in [4.78, 5) is 3.96. The molecule has 1 aliphatic heterocycles. The zero-order valence-corrected chi connectivity index (χ0v) is 5.50. The zero-order chi connectivity index (χ0) is 4.41. The second-order valence-electron chi connectivity index (χ2n) is 1.02. The lowest BCUT2D eigenvalue weighted by Crippen LogP contribution is -1.85. The van der Waals surface area contributed by atoms with E-state index in [-0.39, 0.29) is 0 Å². The Morgan fingerprint density at radius 3 is 3.00 bits per heavy atom. The Morgan fingerprint density at radius 2 is 2.83 bits per heavy atom. The van der Waals surface area contributed by atoms with E-state index in [1.807, 2.05) is 5.55 Å². The van der Waals surface area contributed by atoms with E-state index < -0.39 is 0 Å². The summed E-state index contributed by atoms with van der Waals surface area (Å²) in [5, 5.41) is 0. The Morgan fingerprint density at radius 1 is 2.00 bits per heavy atom. The van der Waals surface area contributed by atoms with Gasteiger partial charge in [0.2, 0.25) is 0 Å². The summed E-state index contributed by atoms with van der Waals surface area (Å²) >= 11 is 5.10. The lowest BCUT2D eigenvalue weighted by Gasteiger charge is -1.86. The molecule has 1 nitrogen and oxygen atoms in total. The van der Waals surface area contributed by atoms with E-state index in [1.165, 1.54) is 0 Å². The lowest BCUT2D eigenvalue weighted by molar-refractivity contribution is 1.15. The fourth-order valence-corrected chi connectivity index (χ4v) is 1.21. The molecule has 1 rings (SSSR count). The lowest BCUT2D eigenvalue weighted by atomic mass is 10.8. The van der Waals surface area contributed by atoms with Crippen LogP contribution in [-0.4, -0.2) is 16.3 Å². The van der Waals surface area contributed by atoms with Crippen molar-refractivity contribution in [1.82, 2.24) is 0 Å². The van der Waals surface area contributed by atoms with E-state index in [9.17, 15) is 0 Å². The summed E-state index contributed by atoms with van der Waals surface area (Å²) < 4.78 is 0.553. The zero-order valence-electron chi connectivity index (χ0n) is 3.10. The average Bonchev–Trinajstić information content (AvgIpc) is 1.86. The molecule has 3 heteroatoms. The molecule has 0 aromatic carbocycles. The van der Waals surface area contributed by atoms with Gasteiger partial charge in [-0.2, -0.15) is 0 Å². The van der Waals surface area contributed by atoms with Crippen molar-refractivity contribution in [3.63, 3.8) is 0 Å². The molecule has 0 saturated heterocycles. The van der Waals surface area contributed by atoms with E-state index in [2.05, 4.69) is 20.9 Å². The van der Waals surface area contributed by atoms with E-state index in [4.69, 9.17) is 0 Å². The van der Waals surface area contributed by atoms with Crippen LogP contribution in [0.2, 0.25) is 0 Å². The Hall–Kier alpha value is 0.500. The van der Waals surface area contributed by atoms with Crippen LogP contribution in [0.25, 0.3) is 0 Å². The number of thioether (sulfide) groups is 1. The summed E-state index contributed by atoms with van der Waals surface area (Å²) in [6.45, 7) is 0.935. The third-order valence-electron chi connectivity index (χ3n) is 0.532. The summed E-state index contributed by atoms with van der Waals surface area (Å²) in [7, 11) is 0. The van der Waals surface area contributed by atoms with Gasteiger partial charge in [0.25, 0.3) is 0 Å². The maximum Gasteiger partial charge on any atom is 0.0851 e. The van der Waals surface area contributed by atoms with Crippen molar-refractivity contribution < 1.29 is 0 Å². The molecule has 0 saturated carbocycles. The molecule has 0 bridgehead atoms. The first-order valence-corrected chi connectivity index (χ1v) is 3.53. The van der Waals surface area contributed by atoms with Crippen molar-refractivity contribution in [2.45, 2.75) is 4.16 Å². The summed E-state index contributed by atoms with van der Waals surface area (Å²) in [5.41, 5.74) is 1.87. The third-order valence-corrected chi connectivity index (χ3v) is 2.18. The Balaban J connectivity index is 2.32. The molecule has 0 amide bonds. The third kappa shape index (κ3) is 0.980. The molecular formula is C3H4BrNS. The topological polar surface area (TPSA) is 12.4 Å². The first-order chi connectivity index (χ1) is 2.89. The normalized spacial score (nSPS) is 31.8. The van der Waals surface area contributed by atoms with E-state index in [0.717, 1.165) is 6.54 Å². The first-order valence-electron chi connectivity index (χ1n) is 1.67. The number of alkyl halides is 1. The number of aliphatic imine (C=N–C) groups is 1. The Bertz CT molecular complexity index is 65.2. The number of rotatable bonds is 0. The van der Waals surface area contributed by atoms with Crippen LogP contribution in [0, 0.1) is 0 Å². The molecule has 0 spiro atoms. The van der Waals surface area contributed by atoms with E-state index in [1.54, 1.807) is 11.8 Å². The maximum atomic E-state index is 3.96. The maximum absolute atomic E-state index is 3.96. The van der Waals surface area contributed by atoms with Crippen molar-refractivity contribution in [3.8, 4) is 0 Å². The highest BCUT2D eigenvalue weighted by Crippen LogP contribution is 2.19. The molecule has 0 fully saturated rings. The number of hydrogen-bond acceptors (Lipinski definition) is 2. The van der Waals surface area contributed by atoms with Crippen LogP contribution < -0.4 is 0 Å². The molecule has 1 unspecified atom stereocenters. The van der Waals surface area contributed by atoms with Gasteiger partial charge in [-0.3, -0.25) is 4.99 Å². The van der Waals surface area contributed by atoms with Crippen LogP contribution in [0.5, 0.6) is 0 Å². The van der Waals surface area contributed by atoms with Crippen LogP contribution in [0.15, 0.2) is 4.99 Å². The van der Waals surface area contributed by atoms with Gasteiger partial charge in [0.1, 0.15) is 0 Å². The molecule has 0 N–H and O–H groups in total. The van der Waals surface area contributed by atoms with Crippen molar-refractivity contribution in [3.05, 3.63) is 0 Å². The van der Waals surface area contributed by atoms with Crippen molar-refractivity contribution in [2.24, 2.45) is 4.99 Å². The minimum Gasteiger partial charge on any atom is -0.284 e. The minimum absolute atomic E-state index is 0.553. The monoisotopic (exact) mass is 165 g/mol. The highest BCUT2D eigenvalue weighted by Gasteiger charge is 2.04. The highest BCUT2D eigenvalue weighted by molar-refractivity contribution is 9.11. The molecule has 0 aromatic rings. The summed E-state index contributed by atoms with van der Waals surface area (Å²) in [6, 6.07) is 0. The van der Waals surface area contributed by atoms with Crippen molar-refractivity contribution in [2.75, 3.05) is 6.54 Å². The van der Waals surface area contributed by atoms with Crippen LogP contribution in [0.4, 0.5) is 0 Å². The molecule has 0 aromatic heterocycles. The molecule has 34 valence electrons. The van der Waals surface area contributed by atoms with Crippen LogP contribution in [0.1, 0.15) is 0 Å². The predicted molar refractivity (Wildman–Crippen MR) is 33.7 cm³/mol. The van der Waals surface area contributed by atoms with Crippen LogP contribution >= 0.6 is 27.7 Å². The predicted octanol–water partition coefficient (Wildman–Crippen LogP) is 1.48. The fraction of sp³-hybridized carbons (Fsp3) is 0.667. The Kier molecular flexibility index (Phi) is 1.54. The summed E-state index contributed by atoms with van der Waals surface area (Å²) in [6.07, 6.45) is 0. The SMILES string of the molecule is BrC1CN=CS1. The van der Waals surface area contributed by atoms with Crippen molar-refractivity contribution in [1.29, 1.82) is 0 Å². The fourth-order valence-electron chi connectivity index (χ4n) is 0.278. The molecule has 1 atom stereocenters. The quantitative estimate of drug-likeness (QED) is 0.496. The number of halogens is 1. The molecule has 0 aliphatic carbocycles. The average molecular weight is 166 g/mol. The highest BCUT2D eigenvalue weighted by atomic mass is 79.9. The number of hydrogen-bond donors (Lipinski definition) is 0. The largest absolute Gasteiger partial charge is 0.284 e. The van der Waals surface area contributed by atoms with Gasteiger partial charge in [0.15, 0.2) is 0 Å². The van der Waals surface area contributed by atoms with Crippen molar-refractivity contribution >= 4 is 33.2 Å². The smallest absolute Gasteiger partial charge is 0.0851 e. The minimum atomic E-state index is 0.553. The Labute approximate surface area is 49.3 Å². The van der Waals surface area contributed by atoms with Gasteiger partial charge in [-0.05, 0) is 0 Å². The second kappa shape index (κ2) is 1.98. The van der Waals surface area contributed by atoms with Gasteiger partial charge in [-0.1, -0.05) is 27.7 Å².